The largest absolute Gasteiger partial charge is 0.492 e. The third kappa shape index (κ3) is 4.09. The lowest BCUT2D eigenvalue weighted by Gasteiger charge is -2.32. The first kappa shape index (κ1) is 15.1. The van der Waals surface area contributed by atoms with Crippen molar-refractivity contribution < 1.29 is 4.74 Å². The zero-order chi connectivity index (χ0) is 15.2. The highest BCUT2D eigenvalue weighted by Crippen LogP contribution is 2.21. The Morgan fingerprint density at radius 2 is 1.55 bits per heavy atom. The molecule has 1 heterocycles. The highest BCUT2D eigenvalue weighted by molar-refractivity contribution is 5.63. The van der Waals surface area contributed by atoms with Gasteiger partial charge in [0, 0.05) is 32.7 Å². The second-order valence-corrected chi connectivity index (χ2v) is 5.81. The molecule has 0 amide bonds. The van der Waals surface area contributed by atoms with Crippen LogP contribution in [0.25, 0.3) is 11.1 Å². The molecule has 0 unspecified atom stereocenters. The summed E-state index contributed by atoms with van der Waals surface area (Å²) >= 11 is 0. The van der Waals surface area contributed by atoms with E-state index >= 15 is 0 Å². The van der Waals surface area contributed by atoms with Crippen molar-refractivity contribution >= 4 is 0 Å². The zero-order valence-corrected chi connectivity index (χ0v) is 13.2. The van der Waals surface area contributed by atoms with Crippen LogP contribution < -0.4 is 4.74 Å². The maximum Gasteiger partial charge on any atom is 0.119 e. The van der Waals surface area contributed by atoms with Gasteiger partial charge in [-0.2, -0.15) is 0 Å². The smallest absolute Gasteiger partial charge is 0.119 e. The average Bonchev–Trinajstić information content (AvgIpc) is 2.58. The molecule has 0 saturated carbocycles. The van der Waals surface area contributed by atoms with Crippen LogP contribution in [-0.2, 0) is 0 Å². The molecule has 2 aromatic rings. The molecule has 115 valence electrons. The fourth-order valence-electron chi connectivity index (χ4n) is 2.69. The first-order chi connectivity index (χ1) is 10.8. The van der Waals surface area contributed by atoms with E-state index in [1.165, 1.54) is 11.1 Å². The fourth-order valence-corrected chi connectivity index (χ4v) is 2.69. The Morgan fingerprint density at radius 1 is 0.909 bits per heavy atom. The van der Waals surface area contributed by atoms with Gasteiger partial charge in [0.1, 0.15) is 12.4 Å². The molecular weight excluding hydrogens is 272 g/mol. The number of hydrogen-bond donors (Lipinski definition) is 0. The molecule has 0 aliphatic carbocycles. The highest BCUT2D eigenvalue weighted by atomic mass is 16.5. The molecule has 3 heteroatoms. The van der Waals surface area contributed by atoms with Crippen LogP contribution in [0.1, 0.15) is 0 Å². The van der Waals surface area contributed by atoms with E-state index in [1.807, 2.05) is 12.1 Å². The molecular formula is C19H23N2O. The molecule has 1 radical (unpaired) electrons. The normalized spacial score (nSPS) is 16.6. The lowest BCUT2D eigenvalue weighted by Crippen LogP contribution is -2.45. The minimum absolute atomic E-state index is 0.753. The first-order valence-electron chi connectivity index (χ1n) is 7.91. The standard InChI is InChI=1S/C19H23N2O/c1-20-11-13-21(14-12-20)15-16-22-19-9-7-18(8-10-19)17-5-3-2-4-6-17/h3-10H,11-16H2,1H3. The van der Waals surface area contributed by atoms with E-state index in [0.29, 0.717) is 0 Å². The average molecular weight is 295 g/mol. The molecule has 3 nitrogen and oxygen atoms in total. The summed E-state index contributed by atoms with van der Waals surface area (Å²) < 4.78 is 5.87. The lowest BCUT2D eigenvalue weighted by atomic mass is 10.1. The van der Waals surface area contributed by atoms with Gasteiger partial charge in [-0.1, -0.05) is 36.4 Å². The van der Waals surface area contributed by atoms with E-state index in [1.54, 1.807) is 0 Å². The molecule has 1 aliphatic rings. The van der Waals surface area contributed by atoms with Gasteiger partial charge in [0.25, 0.3) is 0 Å². The second kappa shape index (κ2) is 7.43. The van der Waals surface area contributed by atoms with Crippen molar-refractivity contribution in [1.29, 1.82) is 0 Å². The van der Waals surface area contributed by atoms with Crippen LogP contribution in [0.15, 0.2) is 48.5 Å². The number of piperazine rings is 1. The highest BCUT2D eigenvalue weighted by Gasteiger charge is 2.13. The molecule has 3 rings (SSSR count). The second-order valence-electron chi connectivity index (χ2n) is 5.81. The van der Waals surface area contributed by atoms with E-state index in [2.05, 4.69) is 59.3 Å². The Balaban J connectivity index is 1.47. The number of hydrogen-bond acceptors (Lipinski definition) is 3. The van der Waals surface area contributed by atoms with Crippen molar-refractivity contribution in [2.45, 2.75) is 0 Å². The number of benzene rings is 2. The molecule has 1 saturated heterocycles. The third-order valence-corrected chi connectivity index (χ3v) is 4.18. The van der Waals surface area contributed by atoms with Gasteiger partial charge in [-0.25, -0.2) is 0 Å². The summed E-state index contributed by atoms with van der Waals surface area (Å²) in [7, 11) is 2.18. The summed E-state index contributed by atoms with van der Waals surface area (Å²) in [5, 5.41) is 0. The van der Waals surface area contributed by atoms with Crippen molar-refractivity contribution in [2.75, 3.05) is 46.4 Å². The predicted octanol–water partition coefficient (Wildman–Crippen LogP) is 2.78. The molecule has 1 aliphatic heterocycles. The number of ether oxygens (including phenoxy) is 1. The molecule has 2 aromatic carbocycles. The summed E-state index contributed by atoms with van der Waals surface area (Å²) in [4.78, 5) is 4.84. The van der Waals surface area contributed by atoms with E-state index in [4.69, 9.17) is 4.74 Å². The summed E-state index contributed by atoms with van der Waals surface area (Å²) in [6.45, 7) is 6.35. The Kier molecular flexibility index (Phi) is 5.09. The van der Waals surface area contributed by atoms with Crippen molar-refractivity contribution in [1.82, 2.24) is 9.80 Å². The van der Waals surface area contributed by atoms with Crippen molar-refractivity contribution in [3.63, 3.8) is 0 Å². The first-order valence-corrected chi connectivity index (χ1v) is 7.91. The van der Waals surface area contributed by atoms with E-state index in [-0.39, 0.29) is 0 Å². The SMILES string of the molecule is CN1CCN(CCOc2ccc(-c3cc[c]cc3)cc2)CC1. The van der Waals surface area contributed by atoms with Crippen molar-refractivity contribution in [3.05, 3.63) is 54.6 Å². The molecule has 0 bridgehead atoms. The predicted molar refractivity (Wildman–Crippen MR) is 90.1 cm³/mol. The van der Waals surface area contributed by atoms with Gasteiger partial charge in [-0.3, -0.25) is 4.90 Å². The van der Waals surface area contributed by atoms with Gasteiger partial charge in [-0.05, 0) is 36.4 Å². The Labute approximate surface area is 133 Å². The number of nitrogens with zero attached hydrogens (tertiary/aromatic N) is 2. The van der Waals surface area contributed by atoms with Gasteiger partial charge in [0.2, 0.25) is 0 Å². The van der Waals surface area contributed by atoms with Gasteiger partial charge in [-0.15, -0.1) is 0 Å². The summed E-state index contributed by atoms with van der Waals surface area (Å²) in [6.07, 6.45) is 0. The monoisotopic (exact) mass is 295 g/mol. The molecule has 1 fully saturated rings. The minimum atomic E-state index is 0.753. The number of likely N-dealkylation sites (N-methyl/N-ethyl adjacent to an activating group) is 1. The van der Waals surface area contributed by atoms with Crippen molar-refractivity contribution in [3.8, 4) is 16.9 Å². The summed E-state index contributed by atoms with van der Waals surface area (Å²) in [6, 6.07) is 19.4. The fraction of sp³-hybridized carbons (Fsp3) is 0.368. The Bertz CT molecular complexity index is 560. The van der Waals surface area contributed by atoms with E-state index in [9.17, 15) is 0 Å². The molecule has 0 spiro atoms. The van der Waals surface area contributed by atoms with E-state index < -0.39 is 0 Å². The molecule has 22 heavy (non-hydrogen) atoms. The topological polar surface area (TPSA) is 15.7 Å². The van der Waals surface area contributed by atoms with Crippen molar-refractivity contribution in [2.24, 2.45) is 0 Å². The zero-order valence-electron chi connectivity index (χ0n) is 13.2. The lowest BCUT2D eigenvalue weighted by molar-refractivity contribution is 0.134. The minimum Gasteiger partial charge on any atom is -0.492 e. The van der Waals surface area contributed by atoms with Crippen LogP contribution in [0.3, 0.4) is 0 Å². The maximum atomic E-state index is 5.87. The molecule has 0 N–H and O–H groups in total. The Morgan fingerprint density at radius 3 is 2.23 bits per heavy atom. The van der Waals surface area contributed by atoms with Crippen LogP contribution in [0.2, 0.25) is 0 Å². The molecule has 0 atom stereocenters. The van der Waals surface area contributed by atoms with Gasteiger partial charge < -0.3 is 9.64 Å². The summed E-state index contributed by atoms with van der Waals surface area (Å²) in [5.74, 6) is 0.945. The Hall–Kier alpha value is -1.84. The third-order valence-electron chi connectivity index (χ3n) is 4.18. The van der Waals surface area contributed by atoms with Gasteiger partial charge in [0.15, 0.2) is 0 Å². The van der Waals surface area contributed by atoms with Crippen LogP contribution in [0.4, 0.5) is 0 Å². The van der Waals surface area contributed by atoms with Crippen LogP contribution in [0.5, 0.6) is 5.75 Å². The maximum absolute atomic E-state index is 5.87. The number of rotatable bonds is 5. The quantitative estimate of drug-likeness (QED) is 0.843. The molecule has 0 aromatic heterocycles. The van der Waals surface area contributed by atoms with Crippen LogP contribution in [0, 0.1) is 6.07 Å². The van der Waals surface area contributed by atoms with Crippen LogP contribution >= 0.6 is 0 Å². The summed E-state index contributed by atoms with van der Waals surface area (Å²) in [5.41, 5.74) is 2.42. The van der Waals surface area contributed by atoms with Crippen LogP contribution in [-0.4, -0.2) is 56.2 Å². The van der Waals surface area contributed by atoms with Gasteiger partial charge in [0.05, 0.1) is 0 Å². The van der Waals surface area contributed by atoms with E-state index in [0.717, 1.165) is 45.1 Å². The van der Waals surface area contributed by atoms with Gasteiger partial charge >= 0.3 is 0 Å².